The van der Waals surface area contributed by atoms with E-state index < -0.39 is 12.2 Å². The minimum Gasteiger partial charge on any atom is -0.357 e. The lowest BCUT2D eigenvalue weighted by molar-refractivity contribution is -0.146. The number of pyridine rings is 1. The van der Waals surface area contributed by atoms with Crippen molar-refractivity contribution in [3.05, 3.63) is 53.2 Å². The smallest absolute Gasteiger partial charge is 0.357 e. The average Bonchev–Trinajstić information content (AvgIpc) is 2.71. The zero-order valence-electron chi connectivity index (χ0n) is 18.0. The molecule has 0 saturated carbocycles. The molecule has 2 aromatic rings. The predicted octanol–water partition coefficient (Wildman–Crippen LogP) is 6.49. The standard InChI is InChI=1S/C22H25F3N4S2/c1-14(2)29(5)21-20(10-15(3)13-27-21)18(12-26)11-17-6-8-19(9-7-17)30-31-28-16(4)22(23,24)25/h6-11,13-14,16,28H,1-5H3/b18-11+. The Morgan fingerprint density at radius 3 is 2.42 bits per heavy atom. The quantitative estimate of drug-likeness (QED) is 0.272. The number of halogens is 3. The van der Waals surface area contributed by atoms with E-state index in [1.165, 1.54) is 10.8 Å². The Morgan fingerprint density at radius 2 is 1.87 bits per heavy atom. The molecule has 1 N–H and O–H groups in total. The molecule has 1 unspecified atom stereocenters. The maximum atomic E-state index is 12.5. The lowest BCUT2D eigenvalue weighted by atomic mass is 10.0. The number of allylic oxidation sites excluding steroid dienone is 1. The van der Waals surface area contributed by atoms with Crippen LogP contribution in [0.15, 0.2) is 41.4 Å². The van der Waals surface area contributed by atoms with Crippen molar-refractivity contribution in [2.24, 2.45) is 0 Å². The zero-order valence-corrected chi connectivity index (χ0v) is 19.6. The molecule has 1 aromatic carbocycles. The third-order valence-corrected chi connectivity index (χ3v) is 6.68. The average molecular weight is 467 g/mol. The van der Waals surface area contributed by atoms with E-state index in [1.807, 2.05) is 49.2 Å². The summed E-state index contributed by atoms with van der Waals surface area (Å²) < 4.78 is 40.0. The number of alkyl halides is 3. The molecule has 4 nitrogen and oxygen atoms in total. The normalized spacial score (nSPS) is 13.2. The first-order chi connectivity index (χ1) is 14.5. The van der Waals surface area contributed by atoms with E-state index in [0.29, 0.717) is 5.57 Å². The number of hydrogen-bond donors (Lipinski definition) is 1. The molecular formula is C22H25F3N4S2. The van der Waals surface area contributed by atoms with Crippen molar-refractivity contribution >= 4 is 39.2 Å². The fraction of sp³-hybridized carbons (Fsp3) is 0.364. The highest BCUT2D eigenvalue weighted by Crippen LogP contribution is 2.32. The Kier molecular flexibility index (Phi) is 8.86. The SMILES string of the molecule is Cc1cnc(N(C)C(C)C)c(/C(C#N)=C/c2ccc(SSNC(C)C(F)(F)F)cc2)c1. The lowest BCUT2D eigenvalue weighted by Gasteiger charge is -2.25. The maximum absolute atomic E-state index is 12.5. The van der Waals surface area contributed by atoms with Gasteiger partial charge >= 0.3 is 6.18 Å². The first kappa shape index (κ1) is 25.1. The molecular weight excluding hydrogens is 441 g/mol. The van der Waals surface area contributed by atoms with Crippen molar-refractivity contribution in [2.45, 2.75) is 50.9 Å². The van der Waals surface area contributed by atoms with E-state index in [9.17, 15) is 18.4 Å². The summed E-state index contributed by atoms with van der Waals surface area (Å²) in [5.74, 6) is 0.738. The van der Waals surface area contributed by atoms with Gasteiger partial charge in [-0.25, -0.2) is 9.71 Å². The summed E-state index contributed by atoms with van der Waals surface area (Å²) in [7, 11) is 4.09. The highest BCUT2D eigenvalue weighted by molar-refractivity contribution is 8.76. The summed E-state index contributed by atoms with van der Waals surface area (Å²) in [6.07, 6.45) is -0.702. The van der Waals surface area contributed by atoms with Gasteiger partial charge in [0.05, 0.1) is 11.6 Å². The number of nitrogens with one attached hydrogen (secondary N) is 1. The van der Waals surface area contributed by atoms with Crippen LogP contribution in [0.3, 0.4) is 0 Å². The van der Waals surface area contributed by atoms with Gasteiger partial charge in [0, 0.05) is 29.7 Å². The molecule has 2 rings (SSSR count). The van der Waals surface area contributed by atoms with Crippen LogP contribution >= 0.6 is 21.8 Å². The Hall–Kier alpha value is -2.15. The summed E-state index contributed by atoms with van der Waals surface area (Å²) >= 11 is 0. The lowest BCUT2D eigenvalue weighted by Crippen LogP contribution is -2.35. The number of benzene rings is 1. The van der Waals surface area contributed by atoms with Crippen molar-refractivity contribution < 1.29 is 13.2 Å². The predicted molar refractivity (Wildman–Crippen MR) is 125 cm³/mol. The van der Waals surface area contributed by atoms with E-state index in [2.05, 4.69) is 29.6 Å². The van der Waals surface area contributed by atoms with Crippen molar-refractivity contribution in [3.63, 3.8) is 0 Å². The van der Waals surface area contributed by atoms with Gasteiger partial charge < -0.3 is 4.90 Å². The molecule has 9 heteroatoms. The first-order valence-electron chi connectivity index (χ1n) is 9.60. The molecule has 0 bridgehead atoms. The van der Waals surface area contributed by atoms with Crippen LogP contribution in [0.5, 0.6) is 0 Å². The summed E-state index contributed by atoms with van der Waals surface area (Å²) in [6.45, 7) is 7.12. The fourth-order valence-electron chi connectivity index (χ4n) is 2.45. The van der Waals surface area contributed by atoms with Gasteiger partial charge in [0.15, 0.2) is 0 Å². The topological polar surface area (TPSA) is 52.0 Å². The first-order valence-corrected chi connectivity index (χ1v) is 11.8. The van der Waals surface area contributed by atoms with Gasteiger partial charge in [-0.3, -0.25) is 0 Å². The number of aryl methyl sites for hydroxylation is 1. The molecule has 0 spiro atoms. The van der Waals surface area contributed by atoms with E-state index in [-0.39, 0.29) is 6.04 Å². The second-order valence-corrected chi connectivity index (χ2v) is 9.42. The molecule has 0 aliphatic carbocycles. The Labute approximate surface area is 189 Å². The van der Waals surface area contributed by atoms with Crippen molar-refractivity contribution in [1.29, 1.82) is 5.26 Å². The molecule has 1 aromatic heterocycles. The number of anilines is 1. The van der Waals surface area contributed by atoms with Crippen LogP contribution in [-0.4, -0.2) is 30.3 Å². The van der Waals surface area contributed by atoms with E-state index in [0.717, 1.165) is 45.3 Å². The van der Waals surface area contributed by atoms with Crippen LogP contribution in [0.4, 0.5) is 19.0 Å². The molecule has 0 aliphatic heterocycles. The molecule has 1 heterocycles. The molecule has 166 valence electrons. The second kappa shape index (κ2) is 10.9. The van der Waals surface area contributed by atoms with Gasteiger partial charge in [-0.05, 0) is 84.9 Å². The summed E-state index contributed by atoms with van der Waals surface area (Å²) in [5.41, 5.74) is 3.04. The number of nitrogens with zero attached hydrogens (tertiary/aromatic N) is 3. The van der Waals surface area contributed by atoms with Crippen molar-refractivity contribution in [1.82, 2.24) is 9.71 Å². The molecule has 0 aliphatic rings. The third kappa shape index (κ3) is 7.20. The maximum Gasteiger partial charge on any atom is 0.404 e. The van der Waals surface area contributed by atoms with Crippen LogP contribution in [0, 0.1) is 18.3 Å². The molecule has 0 amide bonds. The zero-order chi connectivity index (χ0) is 23.2. The molecule has 0 radical (unpaired) electrons. The van der Waals surface area contributed by atoms with Gasteiger partial charge in [0.1, 0.15) is 11.9 Å². The minimum absolute atomic E-state index is 0.219. The van der Waals surface area contributed by atoms with Crippen LogP contribution < -0.4 is 9.62 Å². The van der Waals surface area contributed by atoms with E-state index in [1.54, 1.807) is 12.3 Å². The second-order valence-electron chi connectivity index (χ2n) is 7.38. The fourth-order valence-corrected chi connectivity index (χ4v) is 4.32. The van der Waals surface area contributed by atoms with Gasteiger partial charge in [0.25, 0.3) is 0 Å². The minimum atomic E-state index is -4.27. The largest absolute Gasteiger partial charge is 0.404 e. The Bertz CT molecular complexity index is 951. The van der Waals surface area contributed by atoms with E-state index >= 15 is 0 Å². The number of aromatic nitrogens is 1. The van der Waals surface area contributed by atoms with Gasteiger partial charge in [-0.2, -0.15) is 18.4 Å². The van der Waals surface area contributed by atoms with Crippen LogP contribution in [0.25, 0.3) is 11.6 Å². The van der Waals surface area contributed by atoms with Gasteiger partial charge in [-0.15, -0.1) is 0 Å². The molecule has 1 atom stereocenters. The summed E-state index contributed by atoms with van der Waals surface area (Å²) in [6, 6.07) is 10.1. The van der Waals surface area contributed by atoms with Crippen molar-refractivity contribution in [2.75, 3.05) is 11.9 Å². The molecule has 0 saturated heterocycles. The van der Waals surface area contributed by atoms with Crippen LogP contribution in [0.2, 0.25) is 0 Å². The van der Waals surface area contributed by atoms with Crippen LogP contribution in [-0.2, 0) is 0 Å². The van der Waals surface area contributed by atoms with Gasteiger partial charge in [0.2, 0.25) is 0 Å². The number of rotatable bonds is 8. The van der Waals surface area contributed by atoms with Gasteiger partial charge in [-0.1, -0.05) is 12.1 Å². The number of nitriles is 1. The Balaban J connectivity index is 2.19. The van der Waals surface area contributed by atoms with Crippen LogP contribution in [0.1, 0.15) is 37.5 Å². The molecule has 31 heavy (non-hydrogen) atoms. The van der Waals surface area contributed by atoms with Crippen molar-refractivity contribution in [3.8, 4) is 6.07 Å². The molecule has 0 fully saturated rings. The summed E-state index contributed by atoms with van der Waals surface area (Å²) in [5, 5.41) is 9.79. The van der Waals surface area contributed by atoms with E-state index in [4.69, 9.17) is 0 Å². The monoisotopic (exact) mass is 466 g/mol. The summed E-state index contributed by atoms with van der Waals surface area (Å²) in [4.78, 5) is 7.36. The third-order valence-electron chi connectivity index (χ3n) is 4.57. The highest BCUT2D eigenvalue weighted by Gasteiger charge is 2.35. The Morgan fingerprint density at radius 1 is 1.23 bits per heavy atom. The highest BCUT2D eigenvalue weighted by atomic mass is 33.1. The number of hydrogen-bond acceptors (Lipinski definition) is 6.